The van der Waals surface area contributed by atoms with Crippen LogP contribution in [-0.4, -0.2) is 15.9 Å². The Morgan fingerprint density at radius 2 is 2.11 bits per heavy atom. The fourth-order valence-electron chi connectivity index (χ4n) is 1.36. The van der Waals surface area contributed by atoms with Gasteiger partial charge in [0.2, 0.25) is 5.95 Å². The number of anilines is 1. The van der Waals surface area contributed by atoms with Crippen molar-refractivity contribution in [3.63, 3.8) is 0 Å². The minimum atomic E-state index is -0.674. The average molecular weight is 362 g/mol. The Labute approximate surface area is 116 Å². The molecule has 0 radical (unpaired) electrons. The van der Waals surface area contributed by atoms with Crippen LogP contribution in [0, 0.1) is 22.1 Å². The molecular weight excluding hydrogens is 353 g/mol. The molecule has 0 aliphatic carbocycles. The first-order chi connectivity index (χ1) is 8.47. The third kappa shape index (κ3) is 2.66. The van der Waals surface area contributed by atoms with Gasteiger partial charge in [0.25, 0.3) is 0 Å². The molecule has 0 bridgehead atoms. The summed E-state index contributed by atoms with van der Waals surface area (Å²) < 4.78 is 28.2. The van der Waals surface area contributed by atoms with Crippen LogP contribution in [0.2, 0.25) is 0 Å². The van der Waals surface area contributed by atoms with Gasteiger partial charge in [-0.15, -0.1) is 0 Å². The SMILES string of the molecule is Cc1cn(N=Cc2cc(I)c(F)cc2F)c(N)n1. The minimum absolute atomic E-state index is 0.187. The summed E-state index contributed by atoms with van der Waals surface area (Å²) in [5.41, 5.74) is 6.47. The molecule has 0 aliphatic heterocycles. The number of halogens is 3. The highest BCUT2D eigenvalue weighted by Gasteiger charge is 2.06. The summed E-state index contributed by atoms with van der Waals surface area (Å²) in [5.74, 6) is -1.06. The van der Waals surface area contributed by atoms with E-state index in [0.29, 0.717) is 9.26 Å². The van der Waals surface area contributed by atoms with Gasteiger partial charge in [-0.2, -0.15) is 5.10 Å². The van der Waals surface area contributed by atoms with Gasteiger partial charge >= 0.3 is 0 Å². The van der Waals surface area contributed by atoms with E-state index < -0.39 is 11.6 Å². The second-order valence-corrected chi connectivity index (χ2v) is 4.78. The summed E-state index contributed by atoms with van der Waals surface area (Å²) in [4.78, 5) is 3.95. The van der Waals surface area contributed by atoms with E-state index in [1.54, 1.807) is 35.7 Å². The Hall–Kier alpha value is -1.51. The Balaban J connectivity index is 2.34. The first-order valence-corrected chi connectivity index (χ1v) is 6.05. The molecule has 7 heteroatoms. The van der Waals surface area contributed by atoms with Crippen LogP contribution in [0.3, 0.4) is 0 Å². The third-order valence-electron chi connectivity index (χ3n) is 2.20. The van der Waals surface area contributed by atoms with Crippen molar-refractivity contribution in [1.82, 2.24) is 9.66 Å². The highest BCUT2D eigenvalue weighted by Crippen LogP contribution is 2.15. The Morgan fingerprint density at radius 1 is 1.39 bits per heavy atom. The maximum absolute atomic E-state index is 13.4. The topological polar surface area (TPSA) is 56.2 Å². The molecule has 0 spiro atoms. The summed E-state index contributed by atoms with van der Waals surface area (Å²) in [6, 6.07) is 2.19. The molecule has 2 rings (SSSR count). The highest BCUT2D eigenvalue weighted by atomic mass is 127. The van der Waals surface area contributed by atoms with E-state index in [1.807, 2.05) is 0 Å². The third-order valence-corrected chi connectivity index (χ3v) is 3.02. The van der Waals surface area contributed by atoms with E-state index in [1.165, 1.54) is 17.0 Å². The molecule has 4 nitrogen and oxygen atoms in total. The smallest absolute Gasteiger partial charge is 0.221 e. The van der Waals surface area contributed by atoms with E-state index in [-0.39, 0.29) is 11.5 Å². The first-order valence-electron chi connectivity index (χ1n) is 4.97. The number of hydrogen-bond acceptors (Lipinski definition) is 3. The number of imidazole rings is 1. The fourth-order valence-corrected chi connectivity index (χ4v) is 1.85. The van der Waals surface area contributed by atoms with Crippen molar-refractivity contribution in [3.05, 3.63) is 44.8 Å². The fraction of sp³-hybridized carbons (Fsp3) is 0.0909. The van der Waals surface area contributed by atoms with Crippen LogP contribution >= 0.6 is 22.6 Å². The van der Waals surface area contributed by atoms with E-state index in [0.717, 1.165) is 6.07 Å². The Morgan fingerprint density at radius 3 is 2.72 bits per heavy atom. The van der Waals surface area contributed by atoms with Crippen LogP contribution < -0.4 is 5.73 Å². The Bertz CT molecular complexity index is 622. The van der Waals surface area contributed by atoms with Crippen LogP contribution in [0.1, 0.15) is 11.3 Å². The summed E-state index contributed by atoms with van der Waals surface area (Å²) >= 11 is 1.78. The predicted molar refractivity (Wildman–Crippen MR) is 73.4 cm³/mol. The number of nitrogen functional groups attached to an aromatic ring is 1. The molecule has 0 atom stereocenters. The van der Waals surface area contributed by atoms with E-state index in [9.17, 15) is 8.78 Å². The van der Waals surface area contributed by atoms with Crippen LogP contribution in [0.25, 0.3) is 0 Å². The number of aryl methyl sites for hydroxylation is 1. The molecule has 2 aromatic rings. The molecule has 0 amide bonds. The van der Waals surface area contributed by atoms with Gasteiger partial charge in [-0.1, -0.05) is 0 Å². The van der Waals surface area contributed by atoms with Crippen LogP contribution in [0.4, 0.5) is 14.7 Å². The highest BCUT2D eigenvalue weighted by molar-refractivity contribution is 14.1. The second kappa shape index (κ2) is 5.01. The normalized spacial score (nSPS) is 11.3. The molecule has 1 heterocycles. The summed E-state index contributed by atoms with van der Waals surface area (Å²) in [5, 5.41) is 3.97. The maximum Gasteiger partial charge on any atom is 0.221 e. The monoisotopic (exact) mass is 362 g/mol. The number of hydrogen-bond donors (Lipinski definition) is 1. The number of aromatic nitrogens is 2. The van der Waals surface area contributed by atoms with Crippen molar-refractivity contribution >= 4 is 34.8 Å². The quantitative estimate of drug-likeness (QED) is 0.507. The van der Waals surface area contributed by atoms with Crippen molar-refractivity contribution < 1.29 is 8.78 Å². The van der Waals surface area contributed by atoms with E-state index in [4.69, 9.17) is 5.73 Å². The van der Waals surface area contributed by atoms with Gasteiger partial charge < -0.3 is 5.73 Å². The van der Waals surface area contributed by atoms with Gasteiger partial charge in [-0.3, -0.25) is 0 Å². The molecule has 0 saturated heterocycles. The van der Waals surface area contributed by atoms with Crippen molar-refractivity contribution in [2.75, 3.05) is 5.73 Å². The van der Waals surface area contributed by atoms with Crippen LogP contribution in [0.15, 0.2) is 23.4 Å². The molecule has 0 fully saturated rings. The van der Waals surface area contributed by atoms with Gasteiger partial charge in [-0.05, 0) is 35.6 Å². The molecule has 1 aromatic carbocycles. The summed E-state index contributed by atoms with van der Waals surface area (Å²) in [7, 11) is 0. The largest absolute Gasteiger partial charge is 0.368 e. The lowest BCUT2D eigenvalue weighted by atomic mass is 10.2. The lowest BCUT2D eigenvalue weighted by molar-refractivity contribution is 0.577. The van der Waals surface area contributed by atoms with E-state index in [2.05, 4.69) is 10.1 Å². The zero-order valence-corrected chi connectivity index (χ0v) is 11.5. The van der Waals surface area contributed by atoms with Crippen molar-refractivity contribution in [3.8, 4) is 0 Å². The summed E-state index contributed by atoms with van der Waals surface area (Å²) in [6.07, 6.45) is 2.88. The van der Waals surface area contributed by atoms with Crippen LogP contribution in [-0.2, 0) is 0 Å². The van der Waals surface area contributed by atoms with Gasteiger partial charge in [0.15, 0.2) is 0 Å². The standard InChI is InChI=1S/C11H9F2IN4/c1-6-5-18(11(15)17-6)16-4-7-2-10(14)9(13)3-8(7)12/h2-5H,1H3,(H2,15,17). The average Bonchev–Trinajstić information content (AvgIpc) is 2.61. The number of nitrogens with two attached hydrogens (primary N) is 1. The molecule has 94 valence electrons. The van der Waals surface area contributed by atoms with Crippen molar-refractivity contribution in [2.45, 2.75) is 6.92 Å². The van der Waals surface area contributed by atoms with Gasteiger partial charge in [0.05, 0.1) is 18.1 Å². The van der Waals surface area contributed by atoms with Gasteiger partial charge in [-0.25, -0.2) is 18.4 Å². The zero-order valence-electron chi connectivity index (χ0n) is 9.36. The zero-order chi connectivity index (χ0) is 13.3. The predicted octanol–water partition coefficient (Wildman–Crippen LogP) is 2.54. The molecule has 0 aliphatic rings. The number of rotatable bonds is 2. The molecular formula is C11H9F2IN4. The van der Waals surface area contributed by atoms with Crippen LogP contribution in [0.5, 0.6) is 0 Å². The molecule has 18 heavy (non-hydrogen) atoms. The number of nitrogens with zero attached hydrogens (tertiary/aromatic N) is 3. The molecule has 1 aromatic heterocycles. The van der Waals surface area contributed by atoms with Crippen molar-refractivity contribution in [2.24, 2.45) is 5.10 Å². The molecule has 0 unspecified atom stereocenters. The maximum atomic E-state index is 13.4. The van der Waals surface area contributed by atoms with Gasteiger partial charge in [0.1, 0.15) is 11.6 Å². The first kappa shape index (κ1) is 12.9. The van der Waals surface area contributed by atoms with Crippen molar-refractivity contribution in [1.29, 1.82) is 0 Å². The second-order valence-electron chi connectivity index (χ2n) is 3.62. The molecule has 0 saturated carbocycles. The lowest BCUT2D eigenvalue weighted by Gasteiger charge is -2.00. The van der Waals surface area contributed by atoms with Gasteiger partial charge in [0, 0.05) is 15.2 Å². The van der Waals surface area contributed by atoms with E-state index >= 15 is 0 Å². The summed E-state index contributed by atoms with van der Waals surface area (Å²) in [6.45, 7) is 1.77. The Kier molecular flexibility index (Phi) is 3.60. The number of benzene rings is 1. The molecule has 2 N–H and O–H groups in total. The minimum Gasteiger partial charge on any atom is -0.368 e. The lowest BCUT2D eigenvalue weighted by Crippen LogP contribution is -1.99.